The van der Waals surface area contributed by atoms with Gasteiger partial charge in [-0.1, -0.05) is 49.6 Å². The molecule has 0 spiro atoms. The van der Waals surface area contributed by atoms with E-state index in [9.17, 15) is 9.59 Å². The van der Waals surface area contributed by atoms with Crippen LogP contribution in [0.5, 0.6) is 0 Å². The summed E-state index contributed by atoms with van der Waals surface area (Å²) in [7, 11) is 0. The maximum Gasteiger partial charge on any atom is 0.407 e. The SMILES string of the molecule is O=C(O)CCCCCCC1C2CCC(O2)C1CCCCOC(=O)NCc1ccccc1. The summed E-state index contributed by atoms with van der Waals surface area (Å²) in [5.41, 5.74) is 1.06. The Morgan fingerprint density at radius 2 is 1.58 bits per heavy atom. The number of benzene rings is 1. The lowest BCUT2D eigenvalue weighted by molar-refractivity contribution is -0.137. The molecule has 2 heterocycles. The van der Waals surface area contributed by atoms with E-state index in [-0.39, 0.29) is 12.5 Å². The highest BCUT2D eigenvalue weighted by atomic mass is 16.5. The fourth-order valence-electron chi connectivity index (χ4n) is 5.15. The van der Waals surface area contributed by atoms with Gasteiger partial charge in [0.05, 0.1) is 18.8 Å². The predicted molar refractivity (Wildman–Crippen MR) is 119 cm³/mol. The summed E-state index contributed by atoms with van der Waals surface area (Å²) in [6.45, 7) is 0.941. The number of nitrogens with one attached hydrogen (secondary N) is 1. The average molecular weight is 432 g/mol. The van der Waals surface area contributed by atoms with Gasteiger partial charge in [0.1, 0.15) is 0 Å². The molecule has 6 nitrogen and oxygen atoms in total. The zero-order chi connectivity index (χ0) is 21.9. The molecule has 3 rings (SSSR count). The second kappa shape index (κ2) is 12.7. The smallest absolute Gasteiger partial charge is 0.407 e. The Hall–Kier alpha value is -2.08. The molecule has 4 unspecified atom stereocenters. The topological polar surface area (TPSA) is 84.9 Å². The van der Waals surface area contributed by atoms with Crippen molar-refractivity contribution in [2.75, 3.05) is 6.61 Å². The first-order valence-electron chi connectivity index (χ1n) is 12.0. The Balaban J connectivity index is 1.26. The van der Waals surface area contributed by atoms with Gasteiger partial charge < -0.3 is 19.9 Å². The molecule has 2 aliphatic rings. The lowest BCUT2D eigenvalue weighted by Gasteiger charge is -2.28. The Kier molecular flexibility index (Phi) is 9.66. The van der Waals surface area contributed by atoms with Gasteiger partial charge in [0, 0.05) is 13.0 Å². The normalized spacial score (nSPS) is 24.3. The van der Waals surface area contributed by atoms with Crippen LogP contribution in [0, 0.1) is 11.8 Å². The molecule has 31 heavy (non-hydrogen) atoms. The summed E-state index contributed by atoms with van der Waals surface area (Å²) < 4.78 is 11.5. The van der Waals surface area contributed by atoms with Gasteiger partial charge in [-0.2, -0.15) is 0 Å². The second-order valence-electron chi connectivity index (χ2n) is 8.94. The van der Waals surface area contributed by atoms with E-state index in [2.05, 4.69) is 5.32 Å². The number of carbonyl (C=O) groups is 2. The van der Waals surface area contributed by atoms with E-state index >= 15 is 0 Å². The minimum Gasteiger partial charge on any atom is -0.481 e. The number of rotatable bonds is 14. The van der Waals surface area contributed by atoms with Crippen LogP contribution < -0.4 is 5.32 Å². The van der Waals surface area contributed by atoms with Gasteiger partial charge in [0.2, 0.25) is 0 Å². The van der Waals surface area contributed by atoms with E-state index in [1.165, 1.54) is 19.3 Å². The number of amides is 1. The van der Waals surface area contributed by atoms with Crippen LogP contribution in [0.2, 0.25) is 0 Å². The molecule has 0 aromatic heterocycles. The molecular weight excluding hydrogens is 394 g/mol. The van der Waals surface area contributed by atoms with Crippen molar-refractivity contribution >= 4 is 12.1 Å². The summed E-state index contributed by atoms with van der Waals surface area (Å²) in [4.78, 5) is 22.4. The van der Waals surface area contributed by atoms with Crippen LogP contribution in [0.25, 0.3) is 0 Å². The maximum atomic E-state index is 11.8. The van der Waals surface area contributed by atoms with Gasteiger partial charge in [0.15, 0.2) is 0 Å². The van der Waals surface area contributed by atoms with E-state index in [0.29, 0.717) is 37.2 Å². The van der Waals surface area contributed by atoms with Crippen LogP contribution in [0.4, 0.5) is 4.79 Å². The third-order valence-corrected chi connectivity index (χ3v) is 6.71. The molecule has 2 saturated heterocycles. The van der Waals surface area contributed by atoms with Crippen molar-refractivity contribution in [1.82, 2.24) is 5.32 Å². The van der Waals surface area contributed by atoms with Crippen molar-refractivity contribution in [3.8, 4) is 0 Å². The molecule has 0 radical (unpaired) electrons. The largest absolute Gasteiger partial charge is 0.481 e. The van der Waals surface area contributed by atoms with Crippen molar-refractivity contribution in [3.05, 3.63) is 35.9 Å². The fraction of sp³-hybridized carbons (Fsp3) is 0.680. The summed E-state index contributed by atoms with van der Waals surface area (Å²) in [6.07, 6.45) is 11.5. The minimum atomic E-state index is -0.695. The molecule has 1 amide bonds. The molecule has 2 bridgehead atoms. The van der Waals surface area contributed by atoms with E-state index in [1.807, 2.05) is 30.3 Å². The maximum absolute atomic E-state index is 11.8. The number of alkyl carbamates (subject to hydrolysis) is 1. The number of aliphatic carboxylic acids is 1. The van der Waals surface area contributed by atoms with Crippen LogP contribution >= 0.6 is 0 Å². The van der Waals surface area contributed by atoms with Gasteiger partial charge in [-0.05, 0) is 62.3 Å². The second-order valence-corrected chi connectivity index (χ2v) is 8.94. The van der Waals surface area contributed by atoms with Gasteiger partial charge in [-0.15, -0.1) is 0 Å². The number of ether oxygens (including phenoxy) is 2. The van der Waals surface area contributed by atoms with E-state index in [0.717, 1.165) is 50.5 Å². The van der Waals surface area contributed by atoms with E-state index in [1.54, 1.807) is 0 Å². The van der Waals surface area contributed by atoms with Crippen molar-refractivity contribution in [1.29, 1.82) is 0 Å². The van der Waals surface area contributed by atoms with E-state index in [4.69, 9.17) is 14.6 Å². The Bertz CT molecular complexity index is 680. The van der Waals surface area contributed by atoms with Crippen LogP contribution in [-0.4, -0.2) is 36.0 Å². The highest BCUT2D eigenvalue weighted by Crippen LogP contribution is 2.47. The highest BCUT2D eigenvalue weighted by molar-refractivity contribution is 5.67. The predicted octanol–water partition coefficient (Wildman–Crippen LogP) is 5.30. The van der Waals surface area contributed by atoms with Crippen molar-refractivity contribution in [2.24, 2.45) is 11.8 Å². The van der Waals surface area contributed by atoms with Crippen molar-refractivity contribution < 1.29 is 24.2 Å². The van der Waals surface area contributed by atoms with Gasteiger partial charge in [-0.3, -0.25) is 4.79 Å². The minimum absolute atomic E-state index is 0.284. The summed E-state index contributed by atoms with van der Waals surface area (Å²) >= 11 is 0. The molecule has 1 aromatic carbocycles. The zero-order valence-corrected chi connectivity index (χ0v) is 18.5. The summed E-state index contributed by atoms with van der Waals surface area (Å²) in [6, 6.07) is 9.81. The Morgan fingerprint density at radius 3 is 2.26 bits per heavy atom. The lowest BCUT2D eigenvalue weighted by Crippen LogP contribution is -2.27. The zero-order valence-electron chi connectivity index (χ0n) is 18.5. The molecule has 172 valence electrons. The number of hydrogen-bond donors (Lipinski definition) is 2. The lowest BCUT2D eigenvalue weighted by atomic mass is 9.74. The van der Waals surface area contributed by atoms with E-state index < -0.39 is 5.97 Å². The quantitative estimate of drug-likeness (QED) is 0.390. The molecule has 6 heteroatoms. The third-order valence-electron chi connectivity index (χ3n) is 6.71. The Labute approximate surface area is 185 Å². The average Bonchev–Trinajstić information content (AvgIpc) is 3.37. The van der Waals surface area contributed by atoms with Gasteiger partial charge >= 0.3 is 12.1 Å². The molecular formula is C25H37NO5. The number of hydrogen-bond acceptors (Lipinski definition) is 4. The number of carboxylic acid groups (broad SMARTS) is 1. The number of unbranched alkanes of at least 4 members (excludes halogenated alkanes) is 4. The van der Waals surface area contributed by atoms with Crippen molar-refractivity contribution in [3.63, 3.8) is 0 Å². The monoisotopic (exact) mass is 431 g/mol. The van der Waals surface area contributed by atoms with Crippen LogP contribution in [0.15, 0.2) is 30.3 Å². The molecule has 4 atom stereocenters. The first-order valence-corrected chi connectivity index (χ1v) is 12.0. The standard InChI is InChI=1S/C25H37NO5/c27-24(28)14-7-2-1-6-12-20-21(23-16-15-22(20)31-23)13-8-9-17-30-25(29)26-18-19-10-4-3-5-11-19/h3-5,10-11,20-23H,1-2,6-9,12-18H2,(H,26,29)(H,27,28). The summed E-state index contributed by atoms with van der Waals surface area (Å²) in [5.74, 6) is 0.581. The fourth-order valence-corrected chi connectivity index (χ4v) is 5.15. The van der Waals surface area contributed by atoms with Gasteiger partial charge in [0.25, 0.3) is 0 Å². The summed E-state index contributed by atoms with van der Waals surface area (Å²) in [5, 5.41) is 11.5. The number of carboxylic acids is 1. The molecule has 1 aromatic rings. The van der Waals surface area contributed by atoms with Crippen molar-refractivity contribution in [2.45, 2.75) is 89.4 Å². The highest BCUT2D eigenvalue weighted by Gasteiger charge is 2.47. The molecule has 0 saturated carbocycles. The van der Waals surface area contributed by atoms with Crippen LogP contribution in [0.3, 0.4) is 0 Å². The Morgan fingerprint density at radius 1 is 0.935 bits per heavy atom. The molecule has 2 aliphatic heterocycles. The van der Waals surface area contributed by atoms with Gasteiger partial charge in [-0.25, -0.2) is 4.79 Å². The molecule has 0 aliphatic carbocycles. The number of carbonyl (C=O) groups excluding carboxylic acids is 1. The van der Waals surface area contributed by atoms with Crippen LogP contribution in [-0.2, 0) is 20.8 Å². The first-order chi connectivity index (χ1) is 15.1. The molecule has 2 fully saturated rings. The number of fused-ring (bicyclic) bond motifs is 2. The molecule has 2 N–H and O–H groups in total. The first kappa shape index (κ1) is 23.6. The third kappa shape index (κ3) is 7.84. The van der Waals surface area contributed by atoms with Crippen LogP contribution in [0.1, 0.15) is 76.2 Å².